The molecule has 3 rings (SSSR count). The van der Waals surface area contributed by atoms with Gasteiger partial charge in [0.1, 0.15) is 5.76 Å². The number of hydrogen-bond acceptors (Lipinski definition) is 5. The highest BCUT2D eigenvalue weighted by Gasteiger charge is 2.26. The molecule has 0 aliphatic carbocycles. The minimum absolute atomic E-state index is 0.222. The lowest BCUT2D eigenvalue weighted by molar-refractivity contribution is -0.119. The minimum atomic E-state index is -0.847. The van der Waals surface area contributed by atoms with Crippen LogP contribution in [0.3, 0.4) is 0 Å². The van der Waals surface area contributed by atoms with Gasteiger partial charge in [-0.1, -0.05) is 20.8 Å². The number of imidazole rings is 1. The van der Waals surface area contributed by atoms with E-state index in [0.717, 1.165) is 4.57 Å². The normalized spacial score (nSPS) is 13.8. The van der Waals surface area contributed by atoms with Crippen molar-refractivity contribution in [2.75, 3.05) is 0 Å². The number of Topliss-reactive ketones (excluding diaryl/α,β-unsaturated/α-hetero) is 1. The maximum Gasteiger partial charge on any atom is 0.333 e. The molecule has 0 bridgehead atoms. The number of carbonyl (C=O) groups excluding carboxylic acids is 1. The fraction of sp³-hybridized carbons (Fsp3) is 0.500. The van der Waals surface area contributed by atoms with Crippen LogP contribution in [0.4, 0.5) is 0 Å². The number of fused-ring (bicyclic) bond motifs is 3. The standard InChI is InChI=1S/C16H20N4O4/c1-8(9(2)21)20-13(22)11-12(18(6)15(20)23)17-14-19(11)7-10(24-14)16(3,4)5/h7-8H,1-6H3/t8-/m1/s1. The Hall–Kier alpha value is -2.64. The molecule has 1 atom stereocenters. The number of oxazole rings is 1. The fourth-order valence-electron chi connectivity index (χ4n) is 2.59. The van der Waals surface area contributed by atoms with Gasteiger partial charge in [-0.3, -0.25) is 18.6 Å². The van der Waals surface area contributed by atoms with Crippen LogP contribution in [0, 0.1) is 0 Å². The number of rotatable bonds is 2. The second kappa shape index (κ2) is 4.93. The molecule has 0 spiro atoms. The molecule has 0 aliphatic rings. The summed E-state index contributed by atoms with van der Waals surface area (Å²) in [6.07, 6.45) is 1.71. The van der Waals surface area contributed by atoms with Gasteiger partial charge in [-0.25, -0.2) is 9.36 Å². The smallest absolute Gasteiger partial charge is 0.333 e. The molecule has 0 N–H and O–H groups in total. The highest BCUT2D eigenvalue weighted by atomic mass is 16.4. The largest absolute Gasteiger partial charge is 0.428 e. The van der Waals surface area contributed by atoms with E-state index in [0.29, 0.717) is 5.76 Å². The molecule has 0 aliphatic heterocycles. The molecule has 8 heteroatoms. The van der Waals surface area contributed by atoms with Crippen molar-refractivity contribution < 1.29 is 9.21 Å². The molecule has 3 aromatic rings. The Balaban J connectivity index is 2.47. The third kappa shape index (κ3) is 2.13. The Labute approximate surface area is 137 Å². The summed E-state index contributed by atoms with van der Waals surface area (Å²) in [6, 6.07) is -0.847. The van der Waals surface area contributed by atoms with Crippen molar-refractivity contribution in [2.24, 2.45) is 7.05 Å². The summed E-state index contributed by atoms with van der Waals surface area (Å²) in [5, 5.41) is 0. The van der Waals surface area contributed by atoms with Gasteiger partial charge < -0.3 is 4.42 Å². The zero-order chi connectivity index (χ0) is 18.0. The summed E-state index contributed by atoms with van der Waals surface area (Å²) in [4.78, 5) is 41.3. The van der Waals surface area contributed by atoms with Gasteiger partial charge in [-0.15, -0.1) is 0 Å². The second-order valence-corrected chi connectivity index (χ2v) is 7.09. The van der Waals surface area contributed by atoms with Gasteiger partial charge in [-0.2, -0.15) is 4.98 Å². The Bertz CT molecular complexity index is 1090. The van der Waals surface area contributed by atoms with E-state index in [4.69, 9.17) is 4.42 Å². The second-order valence-electron chi connectivity index (χ2n) is 7.09. The topological polar surface area (TPSA) is 91.5 Å². The van der Waals surface area contributed by atoms with E-state index in [1.165, 1.54) is 25.5 Å². The summed E-state index contributed by atoms with van der Waals surface area (Å²) >= 11 is 0. The van der Waals surface area contributed by atoms with Crippen molar-refractivity contribution >= 4 is 22.8 Å². The number of ketones is 1. The van der Waals surface area contributed by atoms with E-state index in [9.17, 15) is 14.4 Å². The zero-order valence-corrected chi connectivity index (χ0v) is 14.6. The predicted octanol–water partition coefficient (Wildman–Crippen LogP) is 1.39. The van der Waals surface area contributed by atoms with Crippen molar-refractivity contribution in [1.82, 2.24) is 18.5 Å². The van der Waals surface area contributed by atoms with Crippen molar-refractivity contribution in [1.29, 1.82) is 0 Å². The van der Waals surface area contributed by atoms with Crippen LogP contribution in [0.5, 0.6) is 0 Å². The van der Waals surface area contributed by atoms with Gasteiger partial charge in [0.25, 0.3) is 5.56 Å². The van der Waals surface area contributed by atoms with E-state index in [1.54, 1.807) is 10.6 Å². The van der Waals surface area contributed by atoms with Gasteiger partial charge >= 0.3 is 11.5 Å². The lowest BCUT2D eigenvalue weighted by Gasteiger charge is -2.13. The first kappa shape index (κ1) is 16.2. The molecular weight excluding hydrogens is 312 g/mol. The monoisotopic (exact) mass is 332 g/mol. The first-order valence-electron chi connectivity index (χ1n) is 7.68. The average Bonchev–Trinajstić information content (AvgIpc) is 3.01. The summed E-state index contributed by atoms with van der Waals surface area (Å²) < 4.78 is 9.50. The SMILES string of the molecule is CC(=O)[C@@H](C)n1c(=O)c2c(nc3oc(C(C)(C)C)cn32)n(C)c1=O. The van der Waals surface area contributed by atoms with E-state index in [-0.39, 0.29) is 28.2 Å². The van der Waals surface area contributed by atoms with Crippen LogP contribution in [-0.4, -0.2) is 24.3 Å². The number of aromatic nitrogens is 4. The molecule has 0 radical (unpaired) electrons. The third-order valence-electron chi connectivity index (χ3n) is 4.25. The van der Waals surface area contributed by atoms with Crippen molar-refractivity contribution in [3.63, 3.8) is 0 Å². The number of carbonyl (C=O) groups is 1. The summed E-state index contributed by atoms with van der Waals surface area (Å²) in [7, 11) is 1.52. The number of nitrogens with zero attached hydrogens (tertiary/aromatic N) is 4. The molecule has 128 valence electrons. The molecule has 0 fully saturated rings. The first-order valence-corrected chi connectivity index (χ1v) is 7.68. The van der Waals surface area contributed by atoms with Crippen LogP contribution in [0.2, 0.25) is 0 Å². The van der Waals surface area contributed by atoms with E-state index < -0.39 is 17.3 Å². The van der Waals surface area contributed by atoms with Gasteiger partial charge in [0, 0.05) is 12.5 Å². The summed E-state index contributed by atoms with van der Waals surface area (Å²) in [5.41, 5.74) is -0.924. The Morgan fingerprint density at radius 1 is 1.29 bits per heavy atom. The van der Waals surface area contributed by atoms with Crippen LogP contribution in [-0.2, 0) is 17.3 Å². The van der Waals surface area contributed by atoms with Gasteiger partial charge in [0.05, 0.1) is 12.2 Å². The van der Waals surface area contributed by atoms with Crippen LogP contribution in [0.25, 0.3) is 17.0 Å². The highest BCUT2D eigenvalue weighted by Crippen LogP contribution is 2.26. The van der Waals surface area contributed by atoms with Crippen molar-refractivity contribution in [2.45, 2.75) is 46.1 Å². The molecule has 3 heterocycles. The highest BCUT2D eigenvalue weighted by molar-refractivity contribution is 5.80. The van der Waals surface area contributed by atoms with Crippen molar-refractivity contribution in [3.8, 4) is 0 Å². The minimum Gasteiger partial charge on any atom is -0.428 e. The zero-order valence-electron chi connectivity index (χ0n) is 14.6. The predicted molar refractivity (Wildman–Crippen MR) is 88.6 cm³/mol. The molecule has 8 nitrogen and oxygen atoms in total. The lowest BCUT2D eigenvalue weighted by Crippen LogP contribution is -2.42. The number of aryl methyl sites for hydroxylation is 1. The van der Waals surface area contributed by atoms with E-state index >= 15 is 0 Å². The summed E-state index contributed by atoms with van der Waals surface area (Å²) in [5.74, 6) is 0.651. The average molecular weight is 332 g/mol. The Morgan fingerprint density at radius 2 is 1.92 bits per heavy atom. The van der Waals surface area contributed by atoms with Crippen LogP contribution in [0.1, 0.15) is 46.4 Å². The molecule has 0 unspecified atom stereocenters. The van der Waals surface area contributed by atoms with Gasteiger partial charge in [0.15, 0.2) is 16.9 Å². The Kier molecular flexibility index (Phi) is 3.33. The van der Waals surface area contributed by atoms with Crippen molar-refractivity contribution in [3.05, 3.63) is 32.8 Å². The molecule has 0 saturated carbocycles. The number of hydrogen-bond donors (Lipinski definition) is 0. The van der Waals surface area contributed by atoms with Crippen LogP contribution >= 0.6 is 0 Å². The molecule has 24 heavy (non-hydrogen) atoms. The van der Waals surface area contributed by atoms with Crippen LogP contribution in [0.15, 0.2) is 20.2 Å². The van der Waals surface area contributed by atoms with Gasteiger partial charge in [-0.05, 0) is 13.8 Å². The molecule has 0 saturated heterocycles. The van der Waals surface area contributed by atoms with E-state index in [1.807, 2.05) is 20.8 Å². The molecule has 0 aromatic carbocycles. The first-order chi connectivity index (χ1) is 11.0. The maximum atomic E-state index is 12.9. The molecular formula is C16H20N4O4. The summed E-state index contributed by atoms with van der Waals surface area (Å²) in [6.45, 7) is 8.84. The third-order valence-corrected chi connectivity index (χ3v) is 4.25. The lowest BCUT2D eigenvalue weighted by atomic mass is 9.94. The molecule has 0 amide bonds. The van der Waals surface area contributed by atoms with Gasteiger partial charge in [0.2, 0.25) is 0 Å². The Morgan fingerprint density at radius 3 is 2.46 bits per heavy atom. The quantitative estimate of drug-likeness (QED) is 0.707. The molecule has 3 aromatic heterocycles. The maximum absolute atomic E-state index is 12.9. The van der Waals surface area contributed by atoms with E-state index in [2.05, 4.69) is 4.98 Å². The van der Waals surface area contributed by atoms with Crippen LogP contribution < -0.4 is 11.2 Å². The fourth-order valence-corrected chi connectivity index (χ4v) is 2.59.